The van der Waals surface area contributed by atoms with E-state index in [1.807, 2.05) is 12.1 Å². The van der Waals surface area contributed by atoms with Crippen molar-refractivity contribution in [2.75, 3.05) is 47.5 Å². The number of likely N-dealkylation sites (tertiary alicyclic amines) is 1. The fourth-order valence-electron chi connectivity index (χ4n) is 4.38. The Morgan fingerprint density at radius 3 is 2.81 bits per heavy atom. The number of carbonyl (C=O) groups excluding carboxylic acids is 2. The zero-order valence-electron chi connectivity index (χ0n) is 17.9. The van der Waals surface area contributed by atoms with E-state index in [0.717, 1.165) is 17.8 Å². The van der Waals surface area contributed by atoms with Crippen LogP contribution in [-0.4, -0.2) is 86.5 Å². The molecule has 31 heavy (non-hydrogen) atoms. The predicted octanol–water partition coefficient (Wildman–Crippen LogP) is 2.46. The number of carbonyl (C=O) groups is 2. The van der Waals surface area contributed by atoms with Crippen molar-refractivity contribution in [3.05, 3.63) is 31.8 Å². The summed E-state index contributed by atoms with van der Waals surface area (Å²) in [6, 6.07) is 1.99. The molecular weight excluding hydrogens is 458 g/mol. The van der Waals surface area contributed by atoms with Gasteiger partial charge in [0.1, 0.15) is 0 Å². The maximum Gasteiger partial charge on any atom is 0.264 e. The maximum atomic E-state index is 13.3. The first-order chi connectivity index (χ1) is 14.9. The first-order valence-electron chi connectivity index (χ1n) is 10.4. The van der Waals surface area contributed by atoms with E-state index in [1.54, 1.807) is 30.5 Å². The highest BCUT2D eigenvalue weighted by Crippen LogP contribution is 2.37. The van der Waals surface area contributed by atoms with Gasteiger partial charge in [0, 0.05) is 38.7 Å². The van der Waals surface area contributed by atoms with Gasteiger partial charge in [-0.1, -0.05) is 17.7 Å². The molecule has 2 amide bonds. The lowest BCUT2D eigenvalue weighted by molar-refractivity contribution is -0.121. The third-order valence-corrected chi connectivity index (χ3v) is 8.94. The first kappa shape index (κ1) is 23.1. The van der Waals surface area contributed by atoms with Crippen molar-refractivity contribution in [2.24, 2.45) is 0 Å². The lowest BCUT2D eigenvalue weighted by Gasteiger charge is -2.31. The Labute approximate surface area is 196 Å². The maximum absolute atomic E-state index is 13.3. The van der Waals surface area contributed by atoms with Gasteiger partial charge < -0.3 is 19.7 Å². The van der Waals surface area contributed by atoms with Gasteiger partial charge in [0.2, 0.25) is 5.91 Å². The summed E-state index contributed by atoms with van der Waals surface area (Å²) in [5.74, 6) is -0.0627. The van der Waals surface area contributed by atoms with Gasteiger partial charge in [-0.3, -0.25) is 14.5 Å². The topological polar surface area (TPSA) is 71.1 Å². The van der Waals surface area contributed by atoms with E-state index in [2.05, 4.69) is 17.3 Å². The summed E-state index contributed by atoms with van der Waals surface area (Å²) < 4.78 is 11.7. The van der Waals surface area contributed by atoms with Crippen LogP contribution < -0.4 is 5.32 Å². The number of fused-ring (bicyclic) bond motifs is 1. The zero-order valence-corrected chi connectivity index (χ0v) is 20.3. The van der Waals surface area contributed by atoms with Crippen LogP contribution in [0.4, 0.5) is 0 Å². The Balaban J connectivity index is 1.43. The number of ether oxygens (including phenoxy) is 2. The number of likely N-dealkylation sites (N-methyl/N-ethyl adjacent to an activating group) is 1. The van der Waals surface area contributed by atoms with Crippen LogP contribution in [0.1, 0.15) is 32.6 Å². The highest BCUT2D eigenvalue weighted by atomic mass is 35.5. The fourth-order valence-corrected chi connectivity index (χ4v) is 6.95. The van der Waals surface area contributed by atoms with E-state index >= 15 is 0 Å². The molecule has 0 spiro atoms. The minimum Gasteiger partial charge on any atom is -0.383 e. The molecule has 0 aliphatic carbocycles. The smallest absolute Gasteiger partial charge is 0.264 e. The van der Waals surface area contributed by atoms with Crippen molar-refractivity contribution in [1.82, 2.24) is 15.1 Å². The van der Waals surface area contributed by atoms with Gasteiger partial charge in [0.25, 0.3) is 5.91 Å². The Hall–Kier alpha value is -1.10. The highest BCUT2D eigenvalue weighted by molar-refractivity contribution is 8.06. The minimum atomic E-state index is -0.233. The van der Waals surface area contributed by atoms with Crippen molar-refractivity contribution in [3.8, 4) is 0 Å². The summed E-state index contributed by atoms with van der Waals surface area (Å²) in [7, 11) is 5.42. The summed E-state index contributed by atoms with van der Waals surface area (Å²) in [4.78, 5) is 31.9. The van der Waals surface area contributed by atoms with Crippen molar-refractivity contribution in [1.29, 1.82) is 0 Å². The normalized spacial score (nSPS) is 28.5. The van der Waals surface area contributed by atoms with Gasteiger partial charge in [-0.15, -0.1) is 23.1 Å². The second-order valence-electron chi connectivity index (χ2n) is 8.15. The second-order valence-corrected chi connectivity index (χ2v) is 11.1. The van der Waals surface area contributed by atoms with Crippen LogP contribution in [0, 0.1) is 0 Å². The van der Waals surface area contributed by atoms with Crippen LogP contribution >= 0.6 is 34.7 Å². The van der Waals surface area contributed by atoms with E-state index in [1.165, 1.54) is 22.2 Å². The fraction of sp³-hybridized carbons (Fsp3) is 0.619. The number of halogens is 1. The number of thiophene rings is 1. The molecule has 1 aromatic heterocycles. The molecule has 10 heteroatoms. The van der Waals surface area contributed by atoms with E-state index in [-0.39, 0.29) is 35.3 Å². The third-order valence-electron chi connectivity index (χ3n) is 6.17. The van der Waals surface area contributed by atoms with Crippen molar-refractivity contribution in [3.63, 3.8) is 0 Å². The molecule has 4 atom stereocenters. The summed E-state index contributed by atoms with van der Waals surface area (Å²) in [5.41, 5.74) is 1.24. The van der Waals surface area contributed by atoms with Crippen LogP contribution in [0.25, 0.3) is 0 Å². The Bertz CT molecular complexity index is 877. The number of nitrogens with zero attached hydrogens (tertiary/aromatic N) is 2. The molecular formula is C21H28ClN3O4S2. The van der Waals surface area contributed by atoms with Crippen LogP contribution in [0.5, 0.6) is 0 Å². The van der Waals surface area contributed by atoms with E-state index in [4.69, 9.17) is 21.1 Å². The minimum absolute atomic E-state index is 0.00280. The first-order valence-corrected chi connectivity index (χ1v) is 12.4. The molecule has 170 valence electrons. The summed E-state index contributed by atoms with van der Waals surface area (Å²) in [6.07, 6.45) is 3.19. The largest absolute Gasteiger partial charge is 0.383 e. The van der Waals surface area contributed by atoms with Crippen molar-refractivity contribution < 1.29 is 19.1 Å². The summed E-state index contributed by atoms with van der Waals surface area (Å²) in [6.45, 7) is 2.46. The molecule has 1 aromatic rings. The van der Waals surface area contributed by atoms with E-state index in [0.29, 0.717) is 30.5 Å². The molecule has 1 N–H and O–H groups in total. The average Bonchev–Trinajstić information content (AvgIpc) is 3.47. The van der Waals surface area contributed by atoms with E-state index < -0.39 is 0 Å². The summed E-state index contributed by atoms with van der Waals surface area (Å²) >= 11 is 8.93. The lowest BCUT2D eigenvalue weighted by Crippen LogP contribution is -2.46. The molecule has 0 saturated carbocycles. The van der Waals surface area contributed by atoms with Gasteiger partial charge in [0.05, 0.1) is 39.3 Å². The Kier molecular flexibility index (Phi) is 7.30. The number of rotatable bonds is 6. The molecule has 4 heterocycles. The number of methoxy groups -OCH3 is 2. The van der Waals surface area contributed by atoms with Gasteiger partial charge in [-0.05, 0) is 31.5 Å². The summed E-state index contributed by atoms with van der Waals surface area (Å²) in [5, 5.41) is 2.85. The van der Waals surface area contributed by atoms with Gasteiger partial charge in [0.15, 0.2) is 0 Å². The van der Waals surface area contributed by atoms with Crippen LogP contribution in [0.3, 0.4) is 0 Å². The van der Waals surface area contributed by atoms with Gasteiger partial charge >= 0.3 is 0 Å². The lowest BCUT2D eigenvalue weighted by atomic mass is 10.0. The Morgan fingerprint density at radius 2 is 2.13 bits per heavy atom. The van der Waals surface area contributed by atoms with E-state index in [9.17, 15) is 9.59 Å². The molecule has 2 unspecified atom stereocenters. The molecule has 4 rings (SSSR count). The molecule has 1 saturated heterocycles. The second kappa shape index (κ2) is 9.80. The monoisotopic (exact) mass is 485 g/mol. The number of nitrogens with one attached hydrogen (secondary N) is 1. The highest BCUT2D eigenvalue weighted by Gasteiger charge is 2.39. The van der Waals surface area contributed by atoms with Crippen LogP contribution in [-0.2, 0) is 20.7 Å². The molecule has 0 radical (unpaired) electrons. The van der Waals surface area contributed by atoms with Gasteiger partial charge in [-0.25, -0.2) is 0 Å². The Morgan fingerprint density at radius 1 is 1.32 bits per heavy atom. The molecule has 7 nitrogen and oxygen atoms in total. The zero-order chi connectivity index (χ0) is 22.1. The SMILES string of the molecule is COCC1c2sc(C(=O)N3C[C@H](NC(=O)C4CC=C(Cl)S4)[C@@H](OC)C3)cc2CCN1C. The molecule has 3 aliphatic heterocycles. The molecule has 0 aromatic carbocycles. The number of allylic oxidation sites excluding steroid dienone is 1. The predicted molar refractivity (Wildman–Crippen MR) is 124 cm³/mol. The molecule has 1 fully saturated rings. The van der Waals surface area contributed by atoms with Crippen molar-refractivity contribution in [2.45, 2.75) is 36.3 Å². The standard InChI is InChI=1S/C21H28ClN3O4S2/c1-24-7-6-12-8-17(31-19(12)14(24)11-28-2)21(27)25-9-13(15(10-25)29-3)23-20(26)16-4-5-18(22)30-16/h5,8,13-16H,4,6-7,9-11H2,1-3H3,(H,23,26)/t13-,14?,15-,16?/m0/s1. The quantitative estimate of drug-likeness (QED) is 0.667. The number of thioether (sulfide) groups is 1. The molecule has 0 bridgehead atoms. The third kappa shape index (κ3) is 4.82. The number of hydrogen-bond donors (Lipinski definition) is 1. The molecule has 3 aliphatic rings. The number of amides is 2. The van der Waals surface area contributed by atoms with Crippen LogP contribution in [0.15, 0.2) is 16.5 Å². The van der Waals surface area contributed by atoms with Crippen LogP contribution in [0.2, 0.25) is 0 Å². The average molecular weight is 486 g/mol. The van der Waals surface area contributed by atoms with Gasteiger partial charge in [-0.2, -0.15) is 0 Å². The number of hydrogen-bond acceptors (Lipinski definition) is 7. The van der Waals surface area contributed by atoms with Crippen molar-refractivity contribution >= 4 is 46.5 Å².